The molecule has 1 saturated heterocycles. The highest BCUT2D eigenvalue weighted by Gasteiger charge is 2.44. The first-order chi connectivity index (χ1) is 10.2. The average Bonchev–Trinajstić information content (AvgIpc) is 2.70. The first-order valence-corrected chi connectivity index (χ1v) is 10.6. The van der Waals surface area contributed by atoms with Crippen LogP contribution in [0.3, 0.4) is 0 Å². The highest BCUT2D eigenvalue weighted by molar-refractivity contribution is 6.77. The quantitative estimate of drug-likeness (QED) is 0.323. The molecule has 22 heavy (non-hydrogen) atoms. The predicted molar refractivity (Wildman–Crippen MR) is 91.3 cm³/mol. The SMILES string of the molecule is C=C1OC(=O)OC1CCCCO[Si](C(C)C)(C(C)C)C(C)C. The van der Waals surface area contributed by atoms with Crippen LogP contribution in [-0.2, 0) is 13.9 Å². The van der Waals surface area contributed by atoms with Crippen molar-refractivity contribution in [3.63, 3.8) is 0 Å². The van der Waals surface area contributed by atoms with E-state index in [0.717, 1.165) is 25.9 Å². The number of ether oxygens (including phenoxy) is 2. The summed E-state index contributed by atoms with van der Waals surface area (Å²) in [6, 6.07) is 0. The molecule has 1 unspecified atom stereocenters. The van der Waals surface area contributed by atoms with Crippen LogP contribution in [0.5, 0.6) is 0 Å². The third-order valence-corrected chi connectivity index (χ3v) is 10.9. The molecule has 0 aromatic heterocycles. The van der Waals surface area contributed by atoms with Gasteiger partial charge in [0.05, 0.1) is 0 Å². The fraction of sp³-hybridized carbons (Fsp3) is 0.824. The molecular formula is C17H32O4Si. The van der Waals surface area contributed by atoms with Crippen molar-refractivity contribution in [3.8, 4) is 0 Å². The number of hydrogen-bond acceptors (Lipinski definition) is 4. The van der Waals surface area contributed by atoms with Gasteiger partial charge in [-0.3, -0.25) is 0 Å². The summed E-state index contributed by atoms with van der Waals surface area (Å²) in [7, 11) is -1.76. The second-order valence-electron chi connectivity index (χ2n) is 7.09. The summed E-state index contributed by atoms with van der Waals surface area (Å²) < 4.78 is 16.3. The molecule has 5 heteroatoms. The van der Waals surface area contributed by atoms with Gasteiger partial charge in [0, 0.05) is 6.61 Å². The molecule has 0 amide bonds. The van der Waals surface area contributed by atoms with Crippen LogP contribution < -0.4 is 0 Å². The minimum Gasteiger partial charge on any atom is -0.422 e. The molecular weight excluding hydrogens is 296 g/mol. The van der Waals surface area contributed by atoms with Gasteiger partial charge in [-0.25, -0.2) is 4.79 Å². The number of carbonyl (C=O) groups is 1. The van der Waals surface area contributed by atoms with Crippen LogP contribution in [-0.4, -0.2) is 27.2 Å². The first-order valence-electron chi connectivity index (χ1n) is 8.43. The van der Waals surface area contributed by atoms with Crippen LogP contribution in [0.1, 0.15) is 60.8 Å². The molecule has 0 saturated carbocycles. The van der Waals surface area contributed by atoms with Crippen molar-refractivity contribution in [3.05, 3.63) is 12.3 Å². The fourth-order valence-electron chi connectivity index (χ4n) is 3.78. The second-order valence-corrected chi connectivity index (χ2v) is 12.5. The highest BCUT2D eigenvalue weighted by atomic mass is 28.4. The van der Waals surface area contributed by atoms with E-state index < -0.39 is 14.5 Å². The van der Waals surface area contributed by atoms with Gasteiger partial charge in [0.1, 0.15) is 5.76 Å². The summed E-state index contributed by atoms with van der Waals surface area (Å²) in [4.78, 5) is 11.0. The maximum Gasteiger partial charge on any atom is 0.514 e. The number of unbranched alkanes of at least 4 members (excludes halogenated alkanes) is 1. The lowest BCUT2D eigenvalue weighted by molar-refractivity contribution is 0.115. The van der Waals surface area contributed by atoms with E-state index >= 15 is 0 Å². The highest BCUT2D eigenvalue weighted by Crippen LogP contribution is 2.42. The average molecular weight is 329 g/mol. The van der Waals surface area contributed by atoms with Gasteiger partial charge < -0.3 is 13.9 Å². The molecule has 4 nitrogen and oxygen atoms in total. The van der Waals surface area contributed by atoms with Crippen LogP contribution in [0, 0.1) is 0 Å². The smallest absolute Gasteiger partial charge is 0.422 e. The van der Waals surface area contributed by atoms with Crippen molar-refractivity contribution in [2.45, 2.75) is 83.5 Å². The van der Waals surface area contributed by atoms with E-state index in [1.54, 1.807) is 0 Å². The minimum absolute atomic E-state index is 0.283. The lowest BCUT2D eigenvalue weighted by Gasteiger charge is -2.42. The standard InChI is InChI=1S/C17H32O4Si/c1-12(2)22(13(3)4,14(5)6)19-11-9-8-10-16-15(7)20-17(18)21-16/h12-14,16H,7-11H2,1-6H3. The Labute approximate surface area is 136 Å². The van der Waals surface area contributed by atoms with Crippen LogP contribution in [0.2, 0.25) is 16.6 Å². The van der Waals surface area contributed by atoms with Gasteiger partial charge in [0.2, 0.25) is 0 Å². The zero-order valence-corrected chi connectivity index (χ0v) is 16.0. The molecule has 0 bridgehead atoms. The lowest BCUT2D eigenvalue weighted by atomic mass is 10.1. The molecule has 0 aromatic carbocycles. The molecule has 1 aliphatic rings. The number of carbonyl (C=O) groups excluding carboxylic acids is 1. The Morgan fingerprint density at radius 2 is 1.64 bits per heavy atom. The summed E-state index contributed by atoms with van der Waals surface area (Å²) in [5.74, 6) is 0.432. The van der Waals surface area contributed by atoms with Crippen molar-refractivity contribution >= 4 is 14.5 Å². The van der Waals surface area contributed by atoms with Gasteiger partial charge >= 0.3 is 6.16 Å². The normalized spacial score (nSPS) is 19.2. The summed E-state index contributed by atoms with van der Waals surface area (Å²) >= 11 is 0. The molecule has 0 aromatic rings. The molecule has 0 aliphatic carbocycles. The van der Waals surface area contributed by atoms with Gasteiger partial charge in [0.25, 0.3) is 0 Å². The fourth-order valence-corrected chi connectivity index (χ4v) is 9.28. The van der Waals surface area contributed by atoms with Crippen molar-refractivity contribution in [1.29, 1.82) is 0 Å². The summed E-state index contributed by atoms with van der Waals surface area (Å²) in [6.45, 7) is 18.3. The topological polar surface area (TPSA) is 44.8 Å². The maximum absolute atomic E-state index is 11.0. The third kappa shape index (κ3) is 4.35. The van der Waals surface area contributed by atoms with E-state index in [2.05, 4.69) is 48.1 Å². The second kappa shape index (κ2) is 8.16. The monoisotopic (exact) mass is 328 g/mol. The molecule has 1 aliphatic heterocycles. The van der Waals surface area contributed by atoms with Gasteiger partial charge in [0.15, 0.2) is 14.4 Å². The van der Waals surface area contributed by atoms with E-state index in [1.807, 2.05) is 0 Å². The van der Waals surface area contributed by atoms with E-state index in [-0.39, 0.29) is 6.10 Å². The maximum atomic E-state index is 11.0. The summed E-state index contributed by atoms with van der Waals surface area (Å²) in [5, 5.41) is 0. The largest absolute Gasteiger partial charge is 0.514 e. The van der Waals surface area contributed by atoms with Crippen LogP contribution in [0.15, 0.2) is 12.3 Å². The number of cyclic esters (lactones) is 2. The Kier molecular flexibility index (Phi) is 7.13. The van der Waals surface area contributed by atoms with Crippen molar-refractivity contribution in [2.24, 2.45) is 0 Å². The van der Waals surface area contributed by atoms with E-state index in [1.165, 1.54) is 0 Å². The predicted octanol–water partition coefficient (Wildman–Crippen LogP) is 5.40. The van der Waals surface area contributed by atoms with Crippen molar-refractivity contribution in [2.75, 3.05) is 6.61 Å². The molecule has 1 rings (SSSR count). The Hall–Kier alpha value is -0.813. The molecule has 0 spiro atoms. The number of hydrogen-bond donors (Lipinski definition) is 0. The molecule has 128 valence electrons. The van der Waals surface area contributed by atoms with Crippen molar-refractivity contribution < 1.29 is 18.7 Å². The summed E-state index contributed by atoms with van der Waals surface area (Å²) in [5.41, 5.74) is 1.82. The molecule has 1 fully saturated rings. The van der Waals surface area contributed by atoms with E-state index in [9.17, 15) is 4.79 Å². The Morgan fingerprint density at radius 3 is 2.05 bits per heavy atom. The molecule has 1 heterocycles. The molecule has 0 N–H and O–H groups in total. The van der Waals surface area contributed by atoms with E-state index in [0.29, 0.717) is 22.4 Å². The van der Waals surface area contributed by atoms with E-state index in [4.69, 9.17) is 13.9 Å². The van der Waals surface area contributed by atoms with Crippen molar-refractivity contribution in [1.82, 2.24) is 0 Å². The zero-order chi connectivity index (χ0) is 16.9. The Bertz CT molecular complexity index is 368. The van der Waals surface area contributed by atoms with Gasteiger partial charge in [-0.2, -0.15) is 0 Å². The minimum atomic E-state index is -1.76. The third-order valence-electron chi connectivity index (χ3n) is 4.73. The Balaban J connectivity index is 2.41. The zero-order valence-electron chi connectivity index (χ0n) is 15.0. The lowest BCUT2D eigenvalue weighted by Crippen LogP contribution is -2.47. The first kappa shape index (κ1) is 19.2. The van der Waals surface area contributed by atoms with Crippen LogP contribution >= 0.6 is 0 Å². The van der Waals surface area contributed by atoms with Crippen LogP contribution in [0.4, 0.5) is 4.79 Å². The molecule has 0 radical (unpaired) electrons. The van der Waals surface area contributed by atoms with Gasteiger partial charge in [-0.1, -0.05) is 48.1 Å². The number of rotatable bonds is 9. The van der Waals surface area contributed by atoms with Crippen LogP contribution in [0.25, 0.3) is 0 Å². The van der Waals surface area contributed by atoms with Gasteiger partial charge in [-0.15, -0.1) is 0 Å². The van der Waals surface area contributed by atoms with Gasteiger partial charge in [-0.05, 0) is 35.9 Å². The Morgan fingerprint density at radius 1 is 1.09 bits per heavy atom. The summed E-state index contributed by atoms with van der Waals surface area (Å²) in [6.07, 6.45) is 1.77. The molecule has 1 atom stereocenters.